The van der Waals surface area contributed by atoms with Crippen LogP contribution in [0.25, 0.3) is 0 Å². The zero-order valence-corrected chi connectivity index (χ0v) is 13.1. The van der Waals surface area contributed by atoms with Crippen LogP contribution in [0.4, 0.5) is 0 Å². The van der Waals surface area contributed by atoms with Crippen LogP contribution in [0.1, 0.15) is 43.6 Å². The summed E-state index contributed by atoms with van der Waals surface area (Å²) in [4.78, 5) is 0. The number of methoxy groups -OCH3 is 1. The summed E-state index contributed by atoms with van der Waals surface area (Å²) >= 11 is 2.16. The number of nitrogens with one attached hydrogen (secondary N) is 1. The van der Waals surface area contributed by atoms with Crippen LogP contribution >= 0.6 is 11.8 Å². The van der Waals surface area contributed by atoms with Crippen LogP contribution in [0, 0.1) is 0 Å². The van der Waals surface area contributed by atoms with Crippen molar-refractivity contribution in [2.24, 2.45) is 0 Å². The van der Waals surface area contributed by atoms with Gasteiger partial charge < -0.3 is 10.1 Å². The van der Waals surface area contributed by atoms with Gasteiger partial charge in [-0.1, -0.05) is 18.6 Å². The van der Waals surface area contributed by atoms with Gasteiger partial charge in [0.05, 0.1) is 7.11 Å². The van der Waals surface area contributed by atoms with Crippen LogP contribution in [-0.2, 0) is 0 Å². The maximum Gasteiger partial charge on any atom is 0.119 e. The second-order valence-electron chi connectivity index (χ2n) is 6.04. The molecule has 1 aromatic rings. The highest BCUT2D eigenvalue weighted by atomic mass is 32.2. The number of hydrogen-bond acceptors (Lipinski definition) is 3. The number of benzene rings is 1. The molecule has 1 unspecified atom stereocenters. The molecule has 1 saturated carbocycles. The summed E-state index contributed by atoms with van der Waals surface area (Å²) in [6.45, 7) is 1.21. The highest BCUT2D eigenvalue weighted by Crippen LogP contribution is 2.38. The van der Waals surface area contributed by atoms with E-state index in [4.69, 9.17) is 4.74 Å². The van der Waals surface area contributed by atoms with Gasteiger partial charge in [0.2, 0.25) is 0 Å². The first-order chi connectivity index (χ1) is 9.85. The number of rotatable bonds is 5. The summed E-state index contributed by atoms with van der Waals surface area (Å²) in [7, 11) is 1.74. The van der Waals surface area contributed by atoms with Crippen LogP contribution in [0.3, 0.4) is 0 Å². The molecule has 110 valence electrons. The van der Waals surface area contributed by atoms with E-state index in [-0.39, 0.29) is 0 Å². The fourth-order valence-electron chi connectivity index (χ4n) is 3.22. The van der Waals surface area contributed by atoms with Crippen LogP contribution in [0.15, 0.2) is 24.3 Å². The van der Waals surface area contributed by atoms with Gasteiger partial charge in [0.15, 0.2) is 0 Å². The first kappa shape index (κ1) is 14.3. The molecule has 0 aromatic heterocycles. The minimum absolute atomic E-state index is 0.724. The zero-order valence-electron chi connectivity index (χ0n) is 12.3. The van der Waals surface area contributed by atoms with E-state index < -0.39 is 0 Å². The topological polar surface area (TPSA) is 21.3 Å². The van der Waals surface area contributed by atoms with Gasteiger partial charge in [-0.05, 0) is 55.1 Å². The number of hydrogen-bond donors (Lipinski definition) is 1. The van der Waals surface area contributed by atoms with E-state index in [1.807, 2.05) is 6.07 Å². The van der Waals surface area contributed by atoms with Crippen molar-refractivity contribution in [3.8, 4) is 5.75 Å². The molecule has 0 amide bonds. The number of thioether (sulfide) groups is 1. The van der Waals surface area contributed by atoms with Gasteiger partial charge in [-0.15, -0.1) is 0 Å². The van der Waals surface area contributed by atoms with Crippen molar-refractivity contribution in [3.63, 3.8) is 0 Å². The third-order valence-corrected chi connectivity index (χ3v) is 6.01. The molecule has 1 aliphatic heterocycles. The van der Waals surface area contributed by atoms with Crippen molar-refractivity contribution < 1.29 is 4.74 Å². The van der Waals surface area contributed by atoms with E-state index in [9.17, 15) is 0 Å². The number of ether oxygens (including phenoxy) is 1. The van der Waals surface area contributed by atoms with Crippen molar-refractivity contribution in [1.82, 2.24) is 5.32 Å². The van der Waals surface area contributed by atoms with Gasteiger partial charge in [-0.25, -0.2) is 0 Å². The first-order valence-corrected chi connectivity index (χ1v) is 8.89. The molecule has 2 nitrogen and oxygen atoms in total. The van der Waals surface area contributed by atoms with Crippen molar-refractivity contribution in [2.45, 2.75) is 49.3 Å². The molecule has 1 aromatic carbocycles. The lowest BCUT2D eigenvalue weighted by Crippen LogP contribution is -2.43. The normalized spacial score (nSPS) is 29.8. The van der Waals surface area contributed by atoms with Gasteiger partial charge in [-0.2, -0.15) is 11.8 Å². The van der Waals surface area contributed by atoms with E-state index in [1.165, 1.54) is 50.0 Å². The molecule has 0 radical (unpaired) electrons. The van der Waals surface area contributed by atoms with Gasteiger partial charge >= 0.3 is 0 Å². The lowest BCUT2D eigenvalue weighted by Gasteiger charge is -2.37. The highest BCUT2D eigenvalue weighted by molar-refractivity contribution is 7.99. The average molecular weight is 291 g/mol. The highest BCUT2D eigenvalue weighted by Gasteiger charge is 2.30. The summed E-state index contributed by atoms with van der Waals surface area (Å²) in [5.74, 6) is 3.07. The minimum Gasteiger partial charge on any atom is -0.497 e. The lowest BCUT2D eigenvalue weighted by atomic mass is 9.76. The average Bonchev–Trinajstić information content (AvgIpc) is 2.47. The molecule has 2 fully saturated rings. The second kappa shape index (κ2) is 6.86. The van der Waals surface area contributed by atoms with Gasteiger partial charge in [0.1, 0.15) is 5.75 Å². The van der Waals surface area contributed by atoms with Crippen LogP contribution in [-0.4, -0.2) is 30.7 Å². The molecule has 2 aliphatic rings. The molecular formula is C17H25NOS. The summed E-state index contributed by atoms with van der Waals surface area (Å²) < 4.78 is 5.31. The third-order valence-electron chi connectivity index (χ3n) is 4.61. The molecule has 1 aliphatic carbocycles. The van der Waals surface area contributed by atoms with E-state index in [1.54, 1.807) is 7.11 Å². The minimum atomic E-state index is 0.724. The summed E-state index contributed by atoms with van der Waals surface area (Å²) in [5.41, 5.74) is 1.44. The molecule has 3 rings (SSSR count). The predicted molar refractivity (Wildman–Crippen MR) is 86.9 cm³/mol. The van der Waals surface area contributed by atoms with Crippen molar-refractivity contribution in [2.75, 3.05) is 19.4 Å². The first-order valence-electron chi connectivity index (χ1n) is 7.84. The molecular weight excluding hydrogens is 266 g/mol. The van der Waals surface area contributed by atoms with Gasteiger partial charge in [0.25, 0.3) is 0 Å². The lowest BCUT2D eigenvalue weighted by molar-refractivity contribution is 0.289. The summed E-state index contributed by atoms with van der Waals surface area (Å²) in [6, 6.07) is 9.29. The van der Waals surface area contributed by atoms with Crippen molar-refractivity contribution >= 4 is 11.8 Å². The molecule has 0 bridgehead atoms. The molecule has 3 heteroatoms. The predicted octanol–water partition coefficient (Wildman–Crippen LogP) is 3.82. The Hall–Kier alpha value is -0.670. The monoisotopic (exact) mass is 291 g/mol. The smallest absolute Gasteiger partial charge is 0.119 e. The van der Waals surface area contributed by atoms with Gasteiger partial charge in [-0.3, -0.25) is 0 Å². The van der Waals surface area contributed by atoms with E-state index in [0.29, 0.717) is 0 Å². The Morgan fingerprint density at radius 1 is 1.30 bits per heavy atom. The molecule has 1 atom stereocenters. The molecule has 1 N–H and O–H groups in total. The summed E-state index contributed by atoms with van der Waals surface area (Å²) in [5, 5.41) is 4.63. The Balaban J connectivity index is 1.41. The second-order valence-corrected chi connectivity index (χ2v) is 7.45. The molecule has 0 spiro atoms. The SMILES string of the molecule is COc1cccc(C2CC(NCC3CCCCS3)C2)c1. The Morgan fingerprint density at radius 3 is 2.95 bits per heavy atom. The molecule has 1 heterocycles. The maximum atomic E-state index is 5.31. The van der Waals surface area contributed by atoms with E-state index >= 15 is 0 Å². The molecule has 20 heavy (non-hydrogen) atoms. The van der Waals surface area contributed by atoms with Crippen LogP contribution in [0.5, 0.6) is 5.75 Å². The Bertz CT molecular complexity index is 425. The quantitative estimate of drug-likeness (QED) is 0.891. The van der Waals surface area contributed by atoms with Crippen molar-refractivity contribution in [3.05, 3.63) is 29.8 Å². The molecule has 1 saturated heterocycles. The van der Waals surface area contributed by atoms with Crippen LogP contribution in [0.2, 0.25) is 0 Å². The largest absolute Gasteiger partial charge is 0.497 e. The van der Waals surface area contributed by atoms with Crippen molar-refractivity contribution in [1.29, 1.82) is 0 Å². The third kappa shape index (κ3) is 3.50. The standard InChI is InChI=1S/C17H25NOS/c1-19-16-6-4-5-13(11-16)14-9-15(10-14)18-12-17-7-2-3-8-20-17/h4-6,11,14-15,17-18H,2-3,7-10,12H2,1H3. The van der Waals surface area contributed by atoms with Gasteiger partial charge in [0, 0.05) is 17.8 Å². The Labute approximate surface area is 126 Å². The fourth-order valence-corrected chi connectivity index (χ4v) is 4.47. The van der Waals surface area contributed by atoms with E-state index in [2.05, 4.69) is 35.3 Å². The Kier molecular flexibility index (Phi) is 4.90. The maximum absolute atomic E-state index is 5.31. The summed E-state index contributed by atoms with van der Waals surface area (Å²) in [6.07, 6.45) is 6.82. The zero-order chi connectivity index (χ0) is 13.8. The van der Waals surface area contributed by atoms with E-state index in [0.717, 1.165) is 23.0 Å². The fraction of sp³-hybridized carbons (Fsp3) is 0.647. The Morgan fingerprint density at radius 2 is 2.20 bits per heavy atom. The van der Waals surface area contributed by atoms with Crippen LogP contribution < -0.4 is 10.1 Å².